The van der Waals surface area contributed by atoms with Crippen LogP contribution in [-0.4, -0.2) is 19.0 Å². The van der Waals surface area contributed by atoms with Crippen molar-refractivity contribution in [3.05, 3.63) is 59.7 Å². The number of nitriles is 2. The Hall–Kier alpha value is -2.40. The van der Waals surface area contributed by atoms with Gasteiger partial charge in [0, 0.05) is 25.2 Å². The van der Waals surface area contributed by atoms with E-state index in [2.05, 4.69) is 30.3 Å². The first kappa shape index (κ1) is 16.1. The molecular weight excluding hydrogens is 312 g/mol. The molecule has 3 aliphatic rings. The van der Waals surface area contributed by atoms with Crippen LogP contribution < -0.4 is 0 Å². The molecule has 1 aliphatic heterocycles. The molecule has 2 aliphatic carbocycles. The van der Waals surface area contributed by atoms with E-state index in [4.69, 9.17) is 9.47 Å². The lowest BCUT2D eigenvalue weighted by molar-refractivity contribution is -0.170. The van der Waals surface area contributed by atoms with E-state index >= 15 is 0 Å². The van der Waals surface area contributed by atoms with Crippen LogP contribution in [0.5, 0.6) is 0 Å². The molecule has 25 heavy (non-hydrogen) atoms. The number of nitrogens with zero attached hydrogens (tertiary/aromatic N) is 2. The van der Waals surface area contributed by atoms with Gasteiger partial charge in [0.2, 0.25) is 0 Å². The van der Waals surface area contributed by atoms with Crippen LogP contribution in [0.2, 0.25) is 0 Å². The second-order valence-electron chi connectivity index (χ2n) is 6.98. The average Bonchev–Trinajstić information content (AvgIpc) is 3.04. The molecule has 0 radical (unpaired) electrons. The minimum atomic E-state index is -1.09. The molecule has 1 spiro atoms. The monoisotopic (exact) mass is 332 g/mol. The number of hydrogen-bond acceptors (Lipinski definition) is 4. The summed E-state index contributed by atoms with van der Waals surface area (Å²) >= 11 is 0. The Bertz CT molecular complexity index is 777. The van der Waals surface area contributed by atoms with E-state index < -0.39 is 11.2 Å². The predicted octanol–water partition coefficient (Wildman–Crippen LogP) is 3.84. The summed E-state index contributed by atoms with van der Waals surface area (Å²) in [5.41, 5.74) is 1.03. The molecular formula is C21H20N2O2. The summed E-state index contributed by atoms with van der Waals surface area (Å²) in [6.45, 7) is 1.20. The lowest BCUT2D eigenvalue weighted by Gasteiger charge is -2.41. The Labute approximate surface area is 148 Å². The summed E-state index contributed by atoms with van der Waals surface area (Å²) in [6.07, 6.45) is 7.89. The maximum absolute atomic E-state index is 9.81. The van der Waals surface area contributed by atoms with Crippen LogP contribution in [0.3, 0.4) is 0 Å². The smallest absolute Gasteiger partial charge is 0.172 e. The van der Waals surface area contributed by atoms with Crippen LogP contribution in [0, 0.1) is 34.0 Å². The van der Waals surface area contributed by atoms with E-state index in [1.54, 1.807) is 0 Å². The lowest BCUT2D eigenvalue weighted by Crippen LogP contribution is -2.40. The normalized spacial score (nSPS) is 29.1. The van der Waals surface area contributed by atoms with E-state index in [1.807, 2.05) is 30.4 Å². The van der Waals surface area contributed by atoms with Crippen molar-refractivity contribution < 1.29 is 9.47 Å². The van der Waals surface area contributed by atoms with Crippen LogP contribution >= 0.6 is 0 Å². The minimum Gasteiger partial charge on any atom is -0.347 e. The molecule has 0 N–H and O–H groups in total. The second kappa shape index (κ2) is 6.15. The maximum atomic E-state index is 9.81. The summed E-state index contributed by atoms with van der Waals surface area (Å²) < 4.78 is 11.9. The van der Waals surface area contributed by atoms with Crippen molar-refractivity contribution >= 4 is 0 Å². The van der Waals surface area contributed by atoms with Gasteiger partial charge in [-0.1, -0.05) is 48.6 Å². The first-order chi connectivity index (χ1) is 12.2. The van der Waals surface area contributed by atoms with Crippen molar-refractivity contribution in [2.45, 2.75) is 31.0 Å². The summed E-state index contributed by atoms with van der Waals surface area (Å²) in [6, 6.07) is 14.9. The molecule has 0 saturated carbocycles. The van der Waals surface area contributed by atoms with Crippen LogP contribution in [-0.2, 0) is 9.47 Å². The van der Waals surface area contributed by atoms with Gasteiger partial charge in [-0.05, 0) is 17.1 Å². The van der Waals surface area contributed by atoms with E-state index in [-0.39, 0.29) is 11.8 Å². The van der Waals surface area contributed by atoms with Crippen LogP contribution in [0.4, 0.5) is 0 Å². The van der Waals surface area contributed by atoms with Crippen LogP contribution in [0.25, 0.3) is 0 Å². The molecule has 1 saturated heterocycles. The summed E-state index contributed by atoms with van der Waals surface area (Å²) in [5.74, 6) is -0.468. The number of benzene rings is 1. The Morgan fingerprint density at radius 3 is 2.40 bits per heavy atom. The third-order valence-corrected chi connectivity index (χ3v) is 5.64. The zero-order valence-corrected chi connectivity index (χ0v) is 14.0. The second-order valence-corrected chi connectivity index (χ2v) is 6.98. The number of ether oxygens (including phenoxy) is 2. The Balaban J connectivity index is 1.82. The van der Waals surface area contributed by atoms with Crippen LogP contribution in [0.1, 0.15) is 30.7 Å². The van der Waals surface area contributed by atoms with E-state index in [0.717, 1.165) is 5.57 Å². The Morgan fingerprint density at radius 2 is 1.72 bits per heavy atom. The van der Waals surface area contributed by atoms with Crippen molar-refractivity contribution in [1.82, 2.24) is 0 Å². The first-order valence-electron chi connectivity index (χ1n) is 8.74. The van der Waals surface area contributed by atoms with Gasteiger partial charge in [-0.2, -0.15) is 10.5 Å². The molecule has 1 aromatic rings. The lowest BCUT2D eigenvalue weighted by atomic mass is 9.66. The van der Waals surface area contributed by atoms with Crippen molar-refractivity contribution in [2.24, 2.45) is 11.3 Å². The minimum absolute atomic E-state index is 0.0206. The van der Waals surface area contributed by atoms with Gasteiger partial charge >= 0.3 is 0 Å². The molecule has 1 heterocycles. The molecule has 4 heteroatoms. The van der Waals surface area contributed by atoms with Gasteiger partial charge in [-0.3, -0.25) is 0 Å². The standard InChI is InChI=1S/C21H20N2O2/c22-14-20(15-23)9-4-7-17(16-5-2-1-3-6-16)18-13-21(10-8-19(18)20)24-11-12-25-21/h1-8,17-18H,9-13H2/t17-,18-/m0/s1. The van der Waals surface area contributed by atoms with E-state index in [0.29, 0.717) is 32.5 Å². The topological polar surface area (TPSA) is 66.0 Å². The van der Waals surface area contributed by atoms with Crippen molar-refractivity contribution in [2.75, 3.05) is 13.2 Å². The number of rotatable bonds is 1. The molecule has 2 atom stereocenters. The number of allylic oxidation sites excluding steroid dienone is 3. The molecule has 0 amide bonds. The number of hydrogen-bond donors (Lipinski definition) is 0. The fourth-order valence-electron chi connectivity index (χ4n) is 4.40. The summed E-state index contributed by atoms with van der Waals surface area (Å²) in [5, 5.41) is 19.6. The highest BCUT2D eigenvalue weighted by molar-refractivity contribution is 5.43. The third kappa shape index (κ3) is 2.59. The Kier molecular flexibility index (Phi) is 3.96. The van der Waals surface area contributed by atoms with Gasteiger partial charge in [0.05, 0.1) is 25.4 Å². The van der Waals surface area contributed by atoms with Gasteiger partial charge in [-0.25, -0.2) is 0 Å². The molecule has 0 unspecified atom stereocenters. The van der Waals surface area contributed by atoms with Gasteiger partial charge in [-0.15, -0.1) is 0 Å². The fraction of sp³-hybridized carbons (Fsp3) is 0.429. The molecule has 4 nitrogen and oxygen atoms in total. The van der Waals surface area contributed by atoms with Gasteiger partial charge in [0.25, 0.3) is 0 Å². The van der Waals surface area contributed by atoms with E-state index in [1.165, 1.54) is 5.56 Å². The highest BCUT2D eigenvalue weighted by Crippen LogP contribution is 2.52. The van der Waals surface area contributed by atoms with Crippen molar-refractivity contribution in [3.63, 3.8) is 0 Å². The van der Waals surface area contributed by atoms with Gasteiger partial charge in [0.1, 0.15) is 0 Å². The average molecular weight is 332 g/mol. The highest BCUT2D eigenvalue weighted by Gasteiger charge is 2.50. The molecule has 1 fully saturated rings. The Morgan fingerprint density at radius 1 is 1.00 bits per heavy atom. The molecule has 0 aromatic heterocycles. The SMILES string of the molecule is N#CC1(C#N)CC=C[C@@H](c2ccccc2)[C@@H]2CC3(CC=C21)OCCO3. The van der Waals surface area contributed by atoms with Crippen molar-refractivity contribution in [1.29, 1.82) is 10.5 Å². The molecule has 126 valence electrons. The molecule has 4 rings (SSSR count). The fourth-order valence-corrected chi connectivity index (χ4v) is 4.40. The quantitative estimate of drug-likeness (QED) is 0.733. The number of fused-ring (bicyclic) bond motifs is 1. The molecule has 1 aromatic carbocycles. The van der Waals surface area contributed by atoms with Crippen LogP contribution in [0.15, 0.2) is 54.1 Å². The molecule has 0 bridgehead atoms. The highest BCUT2D eigenvalue weighted by atomic mass is 16.7. The zero-order chi connectivity index (χ0) is 17.3. The summed E-state index contributed by atoms with van der Waals surface area (Å²) in [7, 11) is 0. The summed E-state index contributed by atoms with van der Waals surface area (Å²) in [4.78, 5) is 0. The van der Waals surface area contributed by atoms with E-state index in [9.17, 15) is 10.5 Å². The van der Waals surface area contributed by atoms with Crippen molar-refractivity contribution in [3.8, 4) is 12.1 Å². The zero-order valence-electron chi connectivity index (χ0n) is 14.0. The largest absolute Gasteiger partial charge is 0.347 e. The van der Waals surface area contributed by atoms with Gasteiger partial charge in [0.15, 0.2) is 11.2 Å². The third-order valence-electron chi connectivity index (χ3n) is 5.64. The maximum Gasteiger partial charge on any atom is 0.172 e. The predicted molar refractivity (Wildman–Crippen MR) is 92.0 cm³/mol. The first-order valence-corrected chi connectivity index (χ1v) is 8.74. The van der Waals surface area contributed by atoms with Gasteiger partial charge < -0.3 is 9.47 Å².